The molecule has 1 aromatic carbocycles. The molecule has 0 saturated carbocycles. The summed E-state index contributed by atoms with van der Waals surface area (Å²) < 4.78 is 11.3. The summed E-state index contributed by atoms with van der Waals surface area (Å²) in [6.07, 6.45) is 0. The fourth-order valence-corrected chi connectivity index (χ4v) is 1.38. The van der Waals surface area contributed by atoms with Crippen LogP contribution >= 0.6 is 15.9 Å². The summed E-state index contributed by atoms with van der Waals surface area (Å²) in [4.78, 5) is 0. The van der Waals surface area contributed by atoms with E-state index in [1.807, 2.05) is 19.1 Å². The van der Waals surface area contributed by atoms with Gasteiger partial charge in [-0.05, 0) is 24.6 Å². The maximum Gasteiger partial charge on any atom is 0.142 e. The van der Waals surface area contributed by atoms with Crippen LogP contribution in [0.25, 0.3) is 0 Å². The van der Waals surface area contributed by atoms with Gasteiger partial charge in [-0.1, -0.05) is 15.9 Å². The molecule has 0 heterocycles. The lowest BCUT2D eigenvalue weighted by molar-refractivity contribution is 0.146. The fraction of sp³-hybridized carbons (Fsp3) is 0.400. The van der Waals surface area contributed by atoms with Gasteiger partial charge in [0.2, 0.25) is 0 Å². The van der Waals surface area contributed by atoms with Crippen molar-refractivity contribution in [3.8, 4) is 5.75 Å². The molecule has 0 amide bonds. The van der Waals surface area contributed by atoms with Crippen molar-refractivity contribution in [2.75, 3.05) is 26.1 Å². The van der Waals surface area contributed by atoms with E-state index in [1.165, 1.54) is 0 Å². The average Bonchev–Trinajstić information content (AvgIpc) is 2.18. The zero-order valence-electron chi connectivity index (χ0n) is 8.34. The zero-order chi connectivity index (χ0) is 10.6. The van der Waals surface area contributed by atoms with Crippen molar-refractivity contribution in [2.45, 2.75) is 6.92 Å². The van der Waals surface area contributed by atoms with Gasteiger partial charge in [0.05, 0.1) is 12.3 Å². The number of ether oxygens (including phenoxy) is 2. The molecular weight excluding hydrogens is 246 g/mol. The van der Waals surface area contributed by atoms with Crippen LogP contribution in [-0.4, -0.2) is 20.3 Å². The average molecular weight is 260 g/mol. The van der Waals surface area contributed by atoms with Crippen molar-refractivity contribution in [3.05, 3.63) is 22.2 Å². The van der Waals surface area contributed by atoms with E-state index in [0.717, 1.165) is 10.0 Å². The van der Waals surface area contributed by atoms with Crippen LogP contribution in [0.4, 0.5) is 5.69 Å². The van der Waals surface area contributed by atoms with Crippen molar-refractivity contribution < 1.29 is 9.47 Å². The summed E-state index contributed by atoms with van der Waals surface area (Å²) in [6, 6.07) is 3.77. The van der Waals surface area contributed by atoms with Crippen molar-refractivity contribution in [3.63, 3.8) is 0 Å². The molecule has 1 aromatic rings. The molecule has 78 valence electrons. The summed E-state index contributed by atoms with van der Waals surface area (Å²) in [5.41, 5.74) is 7.55. The van der Waals surface area contributed by atoms with Gasteiger partial charge in [0, 0.05) is 11.6 Å². The first-order chi connectivity index (χ1) is 6.66. The lowest BCUT2D eigenvalue weighted by Gasteiger charge is -2.11. The number of hydrogen-bond donors (Lipinski definition) is 1. The van der Waals surface area contributed by atoms with Crippen molar-refractivity contribution in [2.24, 2.45) is 0 Å². The third-order valence-electron chi connectivity index (χ3n) is 1.95. The molecule has 3 nitrogen and oxygen atoms in total. The Bertz CT molecular complexity index is 315. The Balaban J connectivity index is 2.73. The van der Waals surface area contributed by atoms with Gasteiger partial charge in [-0.25, -0.2) is 0 Å². The molecule has 0 aliphatic heterocycles. The van der Waals surface area contributed by atoms with Crippen molar-refractivity contribution in [1.29, 1.82) is 0 Å². The van der Waals surface area contributed by atoms with Gasteiger partial charge >= 0.3 is 0 Å². The second-order valence-electron chi connectivity index (χ2n) is 2.93. The summed E-state index contributed by atoms with van der Waals surface area (Å²) in [7, 11) is 1.64. The highest BCUT2D eigenvalue weighted by atomic mass is 79.9. The first-order valence-electron chi connectivity index (χ1n) is 4.33. The van der Waals surface area contributed by atoms with Crippen LogP contribution in [0.15, 0.2) is 16.6 Å². The fourth-order valence-electron chi connectivity index (χ4n) is 1.04. The number of hydrogen-bond acceptors (Lipinski definition) is 3. The van der Waals surface area contributed by atoms with Crippen molar-refractivity contribution in [1.82, 2.24) is 0 Å². The number of methoxy groups -OCH3 is 1. The zero-order valence-corrected chi connectivity index (χ0v) is 9.93. The Hall–Kier alpha value is -0.740. The van der Waals surface area contributed by atoms with Gasteiger partial charge in [0.25, 0.3) is 0 Å². The predicted molar refractivity (Wildman–Crippen MR) is 60.7 cm³/mol. The minimum atomic E-state index is 0.516. The quantitative estimate of drug-likeness (QED) is 0.667. The third-order valence-corrected chi connectivity index (χ3v) is 2.81. The largest absolute Gasteiger partial charge is 0.489 e. The van der Waals surface area contributed by atoms with Crippen LogP contribution in [0, 0.1) is 6.92 Å². The monoisotopic (exact) mass is 259 g/mol. The number of nitrogens with two attached hydrogens (primary N) is 1. The van der Waals surface area contributed by atoms with Gasteiger partial charge in [-0.15, -0.1) is 0 Å². The Kier molecular flexibility index (Phi) is 4.22. The molecule has 0 bridgehead atoms. The van der Waals surface area contributed by atoms with Crippen molar-refractivity contribution >= 4 is 21.6 Å². The standard InChI is InChI=1S/C10H14BrNO2/c1-7-8(11)3-4-9(10(7)12)14-6-5-13-2/h3-4H,5-6,12H2,1-2H3. The predicted octanol–water partition coefficient (Wildman–Crippen LogP) is 2.36. The van der Waals surface area contributed by atoms with E-state index in [-0.39, 0.29) is 0 Å². The topological polar surface area (TPSA) is 44.5 Å². The van der Waals surface area contributed by atoms with Gasteiger partial charge in [-0.2, -0.15) is 0 Å². The molecule has 0 aliphatic rings. The minimum absolute atomic E-state index is 0.516. The van der Waals surface area contributed by atoms with Gasteiger partial charge < -0.3 is 15.2 Å². The number of halogens is 1. The van der Waals surface area contributed by atoms with Crippen LogP contribution in [0.3, 0.4) is 0 Å². The number of benzene rings is 1. The lowest BCUT2D eigenvalue weighted by atomic mass is 10.2. The summed E-state index contributed by atoms with van der Waals surface area (Å²) >= 11 is 3.40. The van der Waals surface area contributed by atoms with E-state index < -0.39 is 0 Å². The first-order valence-corrected chi connectivity index (χ1v) is 5.12. The molecule has 0 radical (unpaired) electrons. The molecule has 14 heavy (non-hydrogen) atoms. The Labute approximate surface area is 92.3 Å². The smallest absolute Gasteiger partial charge is 0.142 e. The number of anilines is 1. The highest BCUT2D eigenvalue weighted by Crippen LogP contribution is 2.30. The van der Waals surface area contributed by atoms with Crippen LogP contribution in [0.1, 0.15) is 5.56 Å². The molecular formula is C10H14BrNO2. The molecule has 1 rings (SSSR count). The second kappa shape index (κ2) is 5.22. The van der Waals surface area contributed by atoms with E-state index in [0.29, 0.717) is 24.7 Å². The van der Waals surface area contributed by atoms with Gasteiger partial charge in [-0.3, -0.25) is 0 Å². The molecule has 0 spiro atoms. The van der Waals surface area contributed by atoms with E-state index >= 15 is 0 Å². The molecule has 0 atom stereocenters. The Morgan fingerprint density at radius 3 is 2.71 bits per heavy atom. The first kappa shape index (κ1) is 11.3. The summed E-state index contributed by atoms with van der Waals surface area (Å²) in [5, 5.41) is 0. The van der Waals surface area contributed by atoms with Gasteiger partial charge in [0.15, 0.2) is 0 Å². The summed E-state index contributed by atoms with van der Waals surface area (Å²) in [5.74, 6) is 0.711. The number of rotatable bonds is 4. The molecule has 0 unspecified atom stereocenters. The normalized spacial score (nSPS) is 10.2. The highest BCUT2D eigenvalue weighted by Gasteiger charge is 2.05. The van der Waals surface area contributed by atoms with E-state index in [2.05, 4.69) is 15.9 Å². The molecule has 0 saturated heterocycles. The Morgan fingerprint density at radius 2 is 2.07 bits per heavy atom. The van der Waals surface area contributed by atoms with Gasteiger partial charge in [0.1, 0.15) is 12.4 Å². The molecule has 0 aliphatic carbocycles. The lowest BCUT2D eigenvalue weighted by Crippen LogP contribution is -2.06. The van der Waals surface area contributed by atoms with Crippen LogP contribution in [-0.2, 0) is 4.74 Å². The molecule has 4 heteroatoms. The van der Waals surface area contributed by atoms with E-state index in [4.69, 9.17) is 15.2 Å². The van der Waals surface area contributed by atoms with Crippen LogP contribution < -0.4 is 10.5 Å². The second-order valence-corrected chi connectivity index (χ2v) is 3.78. The van der Waals surface area contributed by atoms with Crippen LogP contribution in [0.2, 0.25) is 0 Å². The maximum atomic E-state index is 5.87. The Morgan fingerprint density at radius 1 is 1.36 bits per heavy atom. The van der Waals surface area contributed by atoms with Crippen LogP contribution in [0.5, 0.6) is 5.75 Å². The molecule has 0 fully saturated rings. The highest BCUT2D eigenvalue weighted by molar-refractivity contribution is 9.10. The van der Waals surface area contributed by atoms with E-state index in [9.17, 15) is 0 Å². The number of nitrogen functional groups attached to an aromatic ring is 1. The van der Waals surface area contributed by atoms with E-state index in [1.54, 1.807) is 7.11 Å². The third kappa shape index (κ3) is 2.62. The summed E-state index contributed by atoms with van der Waals surface area (Å²) in [6.45, 7) is 3.03. The molecule has 2 N–H and O–H groups in total. The maximum absolute atomic E-state index is 5.87. The SMILES string of the molecule is COCCOc1ccc(Br)c(C)c1N. The minimum Gasteiger partial charge on any atom is -0.489 e. The molecule has 0 aromatic heterocycles.